The van der Waals surface area contributed by atoms with Crippen molar-refractivity contribution in [3.63, 3.8) is 0 Å². The molecule has 0 amide bonds. The minimum Gasteiger partial charge on any atom is -0.508 e. The number of nitrogens with zero attached hydrogens (tertiary/aromatic N) is 1. The Morgan fingerprint density at radius 1 is 1.21 bits per heavy atom. The van der Waals surface area contributed by atoms with Gasteiger partial charge in [0.05, 0.1) is 18.8 Å². The number of carbonyl (C=O) groups excluding carboxylic acids is 1. The van der Waals surface area contributed by atoms with Crippen LogP contribution in [-0.4, -0.2) is 61.9 Å². The topological polar surface area (TPSA) is 59.0 Å². The number of aromatic hydroxyl groups is 1. The van der Waals surface area contributed by atoms with Gasteiger partial charge >= 0.3 is 0 Å². The van der Waals surface area contributed by atoms with Crippen LogP contribution in [0.2, 0.25) is 0 Å². The fourth-order valence-electron chi connectivity index (χ4n) is 2.34. The van der Waals surface area contributed by atoms with Crippen molar-refractivity contribution in [3.8, 4) is 5.75 Å². The first-order valence-corrected chi connectivity index (χ1v) is 6.24. The number of Topliss-reactive ketones (excluding diaryl/α,β-unsaturated/α-hetero) is 1. The highest BCUT2D eigenvalue weighted by Crippen LogP contribution is 2.17. The van der Waals surface area contributed by atoms with Gasteiger partial charge in [0.1, 0.15) is 5.75 Å². The Balaban J connectivity index is 1.95. The predicted octanol–water partition coefficient (Wildman–Crippen LogP) is 0.920. The Morgan fingerprint density at radius 3 is 2.21 bits per heavy atom. The standard InChI is InChI=1S/C14H19NO4/c1-18-13-8-15(9-14(13)19-2)7-12(17)10-3-5-11(16)6-4-10/h3-6,13-14,16H,7-9H2,1-2H3. The molecule has 1 aliphatic rings. The molecule has 2 atom stereocenters. The van der Waals surface area contributed by atoms with Crippen LogP contribution in [0.3, 0.4) is 0 Å². The van der Waals surface area contributed by atoms with Crippen LogP contribution >= 0.6 is 0 Å². The summed E-state index contributed by atoms with van der Waals surface area (Å²) in [6.45, 7) is 1.72. The van der Waals surface area contributed by atoms with Gasteiger partial charge in [-0.15, -0.1) is 0 Å². The first kappa shape index (κ1) is 14.0. The molecule has 0 spiro atoms. The van der Waals surface area contributed by atoms with E-state index in [1.165, 1.54) is 12.1 Å². The van der Waals surface area contributed by atoms with E-state index in [-0.39, 0.29) is 23.7 Å². The van der Waals surface area contributed by atoms with E-state index in [1.54, 1.807) is 26.4 Å². The summed E-state index contributed by atoms with van der Waals surface area (Å²) >= 11 is 0. The molecule has 0 radical (unpaired) electrons. The van der Waals surface area contributed by atoms with Gasteiger partial charge < -0.3 is 14.6 Å². The second kappa shape index (κ2) is 6.14. The molecule has 0 bridgehead atoms. The summed E-state index contributed by atoms with van der Waals surface area (Å²) in [6, 6.07) is 6.31. The van der Waals surface area contributed by atoms with Crippen LogP contribution in [0.5, 0.6) is 5.75 Å². The average Bonchev–Trinajstić information content (AvgIpc) is 2.81. The number of likely N-dealkylation sites (tertiary alicyclic amines) is 1. The van der Waals surface area contributed by atoms with E-state index in [1.807, 2.05) is 4.90 Å². The van der Waals surface area contributed by atoms with Gasteiger partial charge in [-0.2, -0.15) is 0 Å². The van der Waals surface area contributed by atoms with E-state index in [0.717, 1.165) is 0 Å². The molecule has 1 heterocycles. The van der Waals surface area contributed by atoms with Crippen LogP contribution in [0.25, 0.3) is 0 Å². The van der Waals surface area contributed by atoms with E-state index >= 15 is 0 Å². The Kier molecular flexibility index (Phi) is 4.52. The number of ketones is 1. The van der Waals surface area contributed by atoms with Crippen molar-refractivity contribution in [2.24, 2.45) is 0 Å². The summed E-state index contributed by atoms with van der Waals surface area (Å²) in [7, 11) is 3.31. The number of phenols is 1. The van der Waals surface area contributed by atoms with Crippen LogP contribution in [0.4, 0.5) is 0 Å². The molecule has 1 N–H and O–H groups in total. The summed E-state index contributed by atoms with van der Waals surface area (Å²) < 4.78 is 10.7. The van der Waals surface area contributed by atoms with Crippen molar-refractivity contribution in [2.75, 3.05) is 33.9 Å². The second-order valence-corrected chi connectivity index (χ2v) is 4.71. The van der Waals surface area contributed by atoms with E-state index in [0.29, 0.717) is 25.2 Å². The molecular weight excluding hydrogens is 246 g/mol. The zero-order valence-electron chi connectivity index (χ0n) is 11.2. The lowest BCUT2D eigenvalue weighted by Crippen LogP contribution is -2.29. The molecule has 1 aromatic rings. The van der Waals surface area contributed by atoms with E-state index in [9.17, 15) is 9.90 Å². The number of phenolic OH excluding ortho intramolecular Hbond substituents is 1. The van der Waals surface area contributed by atoms with Gasteiger partial charge in [-0.3, -0.25) is 9.69 Å². The smallest absolute Gasteiger partial charge is 0.176 e. The van der Waals surface area contributed by atoms with Crippen LogP contribution in [0, 0.1) is 0 Å². The molecule has 1 saturated heterocycles. The quantitative estimate of drug-likeness (QED) is 0.802. The summed E-state index contributed by atoms with van der Waals surface area (Å²) in [5.74, 6) is 0.197. The van der Waals surface area contributed by atoms with Gasteiger partial charge in [0, 0.05) is 32.9 Å². The molecule has 1 aliphatic heterocycles. The van der Waals surface area contributed by atoms with Crippen molar-refractivity contribution < 1.29 is 19.4 Å². The SMILES string of the molecule is COC1CN(CC(=O)c2ccc(O)cc2)CC1OC. The molecule has 104 valence electrons. The summed E-state index contributed by atoms with van der Waals surface area (Å²) in [5, 5.41) is 9.20. The Hall–Kier alpha value is -1.43. The fourth-order valence-corrected chi connectivity index (χ4v) is 2.34. The highest BCUT2D eigenvalue weighted by Gasteiger charge is 2.33. The third-order valence-electron chi connectivity index (χ3n) is 3.45. The third-order valence-corrected chi connectivity index (χ3v) is 3.45. The lowest BCUT2D eigenvalue weighted by atomic mass is 10.1. The zero-order chi connectivity index (χ0) is 13.8. The first-order chi connectivity index (χ1) is 9.13. The number of hydrogen-bond donors (Lipinski definition) is 1. The maximum absolute atomic E-state index is 12.1. The van der Waals surface area contributed by atoms with Crippen molar-refractivity contribution in [3.05, 3.63) is 29.8 Å². The molecule has 2 rings (SSSR count). The fraction of sp³-hybridized carbons (Fsp3) is 0.500. The van der Waals surface area contributed by atoms with E-state index in [2.05, 4.69) is 0 Å². The van der Waals surface area contributed by atoms with E-state index < -0.39 is 0 Å². The highest BCUT2D eigenvalue weighted by molar-refractivity contribution is 5.97. The summed E-state index contributed by atoms with van der Waals surface area (Å²) in [5.41, 5.74) is 0.604. The Morgan fingerprint density at radius 2 is 1.74 bits per heavy atom. The molecule has 5 nitrogen and oxygen atoms in total. The number of ether oxygens (including phenoxy) is 2. The normalized spacial score (nSPS) is 23.7. The lowest BCUT2D eigenvalue weighted by molar-refractivity contribution is -0.00461. The number of rotatable bonds is 5. The summed E-state index contributed by atoms with van der Waals surface area (Å²) in [6.07, 6.45) is 0.0234. The second-order valence-electron chi connectivity index (χ2n) is 4.71. The molecule has 1 fully saturated rings. The molecule has 0 saturated carbocycles. The van der Waals surface area contributed by atoms with Gasteiger partial charge in [0.25, 0.3) is 0 Å². The van der Waals surface area contributed by atoms with Crippen molar-refractivity contribution in [1.82, 2.24) is 4.90 Å². The molecule has 1 aromatic carbocycles. The average molecular weight is 265 g/mol. The minimum atomic E-state index is 0.0117. The maximum Gasteiger partial charge on any atom is 0.176 e. The van der Waals surface area contributed by atoms with Crippen LogP contribution in [0.15, 0.2) is 24.3 Å². The van der Waals surface area contributed by atoms with Crippen molar-refractivity contribution in [2.45, 2.75) is 12.2 Å². The van der Waals surface area contributed by atoms with Gasteiger partial charge in [-0.05, 0) is 24.3 Å². The number of methoxy groups -OCH3 is 2. The largest absolute Gasteiger partial charge is 0.508 e. The van der Waals surface area contributed by atoms with Crippen molar-refractivity contribution in [1.29, 1.82) is 0 Å². The third kappa shape index (κ3) is 3.32. The zero-order valence-corrected chi connectivity index (χ0v) is 11.2. The highest BCUT2D eigenvalue weighted by atomic mass is 16.5. The number of carbonyl (C=O) groups is 1. The van der Waals surface area contributed by atoms with Gasteiger partial charge in [0.15, 0.2) is 5.78 Å². The molecule has 19 heavy (non-hydrogen) atoms. The molecule has 5 heteroatoms. The van der Waals surface area contributed by atoms with Crippen molar-refractivity contribution >= 4 is 5.78 Å². The first-order valence-electron chi connectivity index (χ1n) is 6.24. The summed E-state index contributed by atoms with van der Waals surface area (Å²) in [4.78, 5) is 14.1. The van der Waals surface area contributed by atoms with Crippen LogP contribution in [0.1, 0.15) is 10.4 Å². The number of hydrogen-bond acceptors (Lipinski definition) is 5. The van der Waals surface area contributed by atoms with Crippen LogP contribution < -0.4 is 0 Å². The molecule has 0 aliphatic carbocycles. The monoisotopic (exact) mass is 265 g/mol. The lowest BCUT2D eigenvalue weighted by Gasteiger charge is -2.13. The molecule has 0 aromatic heterocycles. The predicted molar refractivity (Wildman–Crippen MR) is 70.5 cm³/mol. The van der Waals surface area contributed by atoms with Gasteiger partial charge in [-0.25, -0.2) is 0 Å². The molecule has 2 unspecified atom stereocenters. The van der Waals surface area contributed by atoms with Crippen LogP contribution in [-0.2, 0) is 9.47 Å². The maximum atomic E-state index is 12.1. The number of benzene rings is 1. The molecular formula is C14H19NO4. The van der Waals surface area contributed by atoms with Gasteiger partial charge in [-0.1, -0.05) is 0 Å². The minimum absolute atomic E-state index is 0.0117. The van der Waals surface area contributed by atoms with Gasteiger partial charge in [0.2, 0.25) is 0 Å². The Bertz CT molecular complexity index is 420. The van der Waals surface area contributed by atoms with E-state index in [4.69, 9.17) is 9.47 Å². The Labute approximate surface area is 112 Å².